The Hall–Kier alpha value is -3.68. The summed E-state index contributed by atoms with van der Waals surface area (Å²) < 4.78 is 2.72. The first-order chi connectivity index (χ1) is 15.0. The van der Waals surface area contributed by atoms with Crippen LogP contribution in [0.5, 0.6) is 0 Å². The van der Waals surface area contributed by atoms with Gasteiger partial charge in [0.05, 0.1) is 23.3 Å². The fourth-order valence-corrected chi connectivity index (χ4v) is 4.09. The van der Waals surface area contributed by atoms with Gasteiger partial charge in [-0.25, -0.2) is 4.79 Å². The third kappa shape index (κ3) is 4.01. The zero-order valence-electron chi connectivity index (χ0n) is 17.6. The van der Waals surface area contributed by atoms with Gasteiger partial charge in [0.15, 0.2) is 0 Å². The summed E-state index contributed by atoms with van der Waals surface area (Å²) >= 11 is 0. The lowest BCUT2D eigenvalue weighted by molar-refractivity contribution is -0.120. The molecule has 1 amide bonds. The highest BCUT2D eigenvalue weighted by atomic mass is 16.2. The Morgan fingerprint density at radius 3 is 2.42 bits per heavy atom. The minimum Gasteiger partial charge on any atom is -0.366 e. The predicted molar refractivity (Wildman–Crippen MR) is 120 cm³/mol. The first kappa shape index (κ1) is 20.6. The lowest BCUT2D eigenvalue weighted by atomic mass is 9.95. The highest BCUT2D eigenvalue weighted by Gasteiger charge is 2.28. The lowest BCUT2D eigenvalue weighted by Gasteiger charge is -2.34. The molecule has 1 saturated heterocycles. The highest BCUT2D eigenvalue weighted by molar-refractivity contribution is 5.92. The molecule has 8 heteroatoms. The van der Waals surface area contributed by atoms with E-state index < -0.39 is 0 Å². The lowest BCUT2D eigenvalue weighted by Crippen LogP contribution is -2.46. The highest BCUT2D eigenvalue weighted by Crippen LogP contribution is 2.25. The minimum atomic E-state index is -0.372. The van der Waals surface area contributed by atoms with Crippen molar-refractivity contribution in [1.29, 1.82) is 0 Å². The Kier molecular flexibility index (Phi) is 5.70. The van der Waals surface area contributed by atoms with E-state index in [1.165, 1.54) is 7.05 Å². The number of hydrogen-bond acceptors (Lipinski definition) is 5. The number of rotatable bonds is 4. The summed E-state index contributed by atoms with van der Waals surface area (Å²) in [5.74, 6) is -0.174. The molecule has 1 aliphatic heterocycles. The summed E-state index contributed by atoms with van der Waals surface area (Å²) in [6.45, 7) is 2.93. The van der Waals surface area contributed by atoms with Crippen LogP contribution in [0.25, 0.3) is 5.69 Å². The van der Waals surface area contributed by atoms with Gasteiger partial charge in [-0.15, -0.1) is 0 Å². The van der Waals surface area contributed by atoms with Crippen LogP contribution < -0.4 is 21.5 Å². The molecule has 0 aliphatic carbocycles. The number of nitrogens with zero attached hydrogens (tertiary/aromatic N) is 4. The maximum Gasteiger partial charge on any atom is 0.335 e. The number of amides is 1. The van der Waals surface area contributed by atoms with E-state index in [9.17, 15) is 14.4 Å². The molecule has 0 bridgehead atoms. The Morgan fingerprint density at radius 2 is 1.77 bits per heavy atom. The van der Waals surface area contributed by atoms with Gasteiger partial charge in [-0.3, -0.25) is 23.7 Å². The summed E-state index contributed by atoms with van der Waals surface area (Å²) in [7, 11) is 1.50. The third-order valence-corrected chi connectivity index (χ3v) is 5.79. The van der Waals surface area contributed by atoms with Gasteiger partial charge in [-0.1, -0.05) is 18.2 Å². The number of aromatic nitrogens is 3. The molecule has 1 aromatic carbocycles. The van der Waals surface area contributed by atoms with E-state index in [2.05, 4.69) is 10.3 Å². The Morgan fingerprint density at radius 1 is 1.06 bits per heavy atom. The van der Waals surface area contributed by atoms with Crippen molar-refractivity contribution in [1.82, 2.24) is 14.1 Å². The molecular weight excluding hydrogens is 394 g/mol. The van der Waals surface area contributed by atoms with Crippen LogP contribution in [0.3, 0.4) is 0 Å². The molecule has 2 aromatic heterocycles. The standard InChI is InChI=1S/C23H25N5O3/c1-16-20(22(30)26(2)23(31)28(16)19-8-4-3-5-9-19)27-13-10-17(11-14-27)21(29)25-18-7-6-12-24-15-18/h3-9,12,15,17H,10-11,13-14H2,1-2H3,(H,25,29). The molecule has 1 fully saturated rings. The average molecular weight is 419 g/mol. The second-order valence-electron chi connectivity index (χ2n) is 7.74. The van der Waals surface area contributed by atoms with Crippen molar-refractivity contribution in [2.45, 2.75) is 19.8 Å². The molecule has 160 valence electrons. The van der Waals surface area contributed by atoms with Crippen LogP contribution in [-0.2, 0) is 11.8 Å². The quantitative estimate of drug-likeness (QED) is 0.700. The zero-order valence-corrected chi connectivity index (χ0v) is 17.6. The van der Waals surface area contributed by atoms with Crippen LogP contribution >= 0.6 is 0 Å². The van der Waals surface area contributed by atoms with Crippen LogP contribution in [0, 0.1) is 12.8 Å². The summed E-state index contributed by atoms with van der Waals surface area (Å²) in [6.07, 6.45) is 4.52. The molecule has 3 heterocycles. The van der Waals surface area contributed by atoms with Gasteiger partial charge in [0.25, 0.3) is 5.56 Å². The predicted octanol–water partition coefficient (Wildman–Crippen LogP) is 2.09. The molecule has 0 spiro atoms. The van der Waals surface area contributed by atoms with Crippen LogP contribution in [-0.4, -0.2) is 33.1 Å². The van der Waals surface area contributed by atoms with Crippen molar-refractivity contribution in [2.24, 2.45) is 13.0 Å². The van der Waals surface area contributed by atoms with E-state index in [-0.39, 0.29) is 23.1 Å². The number of benzene rings is 1. The maximum atomic E-state index is 13.0. The molecule has 1 N–H and O–H groups in total. The Labute approximate surface area is 179 Å². The van der Waals surface area contributed by atoms with Crippen LogP contribution in [0.15, 0.2) is 64.4 Å². The summed E-state index contributed by atoms with van der Waals surface area (Å²) in [6, 6.07) is 12.9. The molecule has 1 aliphatic rings. The Bertz CT molecular complexity index is 1190. The third-order valence-electron chi connectivity index (χ3n) is 5.79. The molecule has 3 aromatic rings. The van der Waals surface area contributed by atoms with Gasteiger partial charge in [-0.2, -0.15) is 0 Å². The number of anilines is 2. The molecule has 0 radical (unpaired) electrons. The normalized spacial score (nSPS) is 14.5. The number of carbonyl (C=O) groups is 1. The summed E-state index contributed by atoms with van der Waals surface area (Å²) in [4.78, 5) is 44.4. The van der Waals surface area contributed by atoms with Crippen LogP contribution in [0.1, 0.15) is 18.5 Å². The van der Waals surface area contributed by atoms with Gasteiger partial charge >= 0.3 is 5.69 Å². The van der Waals surface area contributed by atoms with E-state index in [0.29, 0.717) is 48.7 Å². The smallest absolute Gasteiger partial charge is 0.335 e. The fourth-order valence-electron chi connectivity index (χ4n) is 4.09. The van der Waals surface area contributed by atoms with E-state index >= 15 is 0 Å². The number of nitrogens with one attached hydrogen (secondary N) is 1. The fraction of sp³-hybridized carbons (Fsp3) is 0.304. The molecule has 0 unspecified atom stereocenters. The van der Waals surface area contributed by atoms with Crippen LogP contribution in [0.4, 0.5) is 11.4 Å². The number of para-hydroxylation sites is 1. The molecular formula is C23H25N5O3. The largest absolute Gasteiger partial charge is 0.366 e. The molecule has 31 heavy (non-hydrogen) atoms. The van der Waals surface area contributed by atoms with E-state index in [0.717, 1.165) is 4.57 Å². The van der Waals surface area contributed by atoms with Crippen molar-refractivity contribution in [3.05, 3.63) is 81.4 Å². The van der Waals surface area contributed by atoms with Crippen molar-refractivity contribution in [3.63, 3.8) is 0 Å². The average Bonchev–Trinajstić information content (AvgIpc) is 2.80. The number of piperidine rings is 1. The first-order valence-electron chi connectivity index (χ1n) is 10.3. The topological polar surface area (TPSA) is 89.2 Å². The Balaban J connectivity index is 1.57. The molecule has 8 nitrogen and oxygen atoms in total. The molecule has 0 atom stereocenters. The molecule has 0 saturated carbocycles. The van der Waals surface area contributed by atoms with E-state index in [4.69, 9.17) is 0 Å². The monoisotopic (exact) mass is 419 g/mol. The second kappa shape index (κ2) is 8.59. The first-order valence-corrected chi connectivity index (χ1v) is 10.3. The molecule has 4 rings (SSSR count). The zero-order chi connectivity index (χ0) is 22.0. The number of carbonyl (C=O) groups excluding carboxylic acids is 1. The minimum absolute atomic E-state index is 0.0356. The maximum absolute atomic E-state index is 13.0. The van der Waals surface area contributed by atoms with Crippen molar-refractivity contribution >= 4 is 17.3 Å². The van der Waals surface area contributed by atoms with Crippen LogP contribution in [0.2, 0.25) is 0 Å². The number of pyridine rings is 1. The summed E-state index contributed by atoms with van der Waals surface area (Å²) in [5.41, 5.74) is 1.83. The van der Waals surface area contributed by atoms with Crippen molar-refractivity contribution in [2.75, 3.05) is 23.3 Å². The SMILES string of the molecule is Cc1c(N2CCC(C(=O)Nc3cccnc3)CC2)c(=O)n(C)c(=O)n1-c1ccccc1. The van der Waals surface area contributed by atoms with E-state index in [1.54, 1.807) is 36.0 Å². The van der Waals surface area contributed by atoms with Gasteiger partial charge < -0.3 is 10.2 Å². The summed E-state index contributed by atoms with van der Waals surface area (Å²) in [5, 5.41) is 2.90. The number of hydrogen-bond donors (Lipinski definition) is 1. The van der Waals surface area contributed by atoms with Crippen molar-refractivity contribution < 1.29 is 4.79 Å². The van der Waals surface area contributed by atoms with Gasteiger partial charge in [0.2, 0.25) is 5.91 Å². The van der Waals surface area contributed by atoms with Crippen molar-refractivity contribution in [3.8, 4) is 5.69 Å². The van der Waals surface area contributed by atoms with Gasteiger partial charge in [0, 0.05) is 32.3 Å². The van der Waals surface area contributed by atoms with E-state index in [1.807, 2.05) is 35.2 Å². The second-order valence-corrected chi connectivity index (χ2v) is 7.74. The van der Waals surface area contributed by atoms with Gasteiger partial charge in [-0.05, 0) is 44.0 Å². The van der Waals surface area contributed by atoms with Gasteiger partial charge in [0.1, 0.15) is 5.69 Å².